The number of thiophene rings is 1. The van der Waals surface area contributed by atoms with Gasteiger partial charge in [0, 0.05) is 48.4 Å². The molecule has 292 valence electrons. The zero-order chi connectivity index (χ0) is 39.0. The molecule has 55 heavy (non-hydrogen) atoms. The van der Waals surface area contributed by atoms with Crippen LogP contribution in [0.4, 0.5) is 42.0 Å². The number of carbonyl (C=O) groups excluding carboxylic acids is 1. The Morgan fingerprint density at radius 2 is 2.02 bits per heavy atom. The lowest BCUT2D eigenvalue weighted by molar-refractivity contribution is -0.137. The summed E-state index contributed by atoms with van der Waals surface area (Å²) in [6.07, 6.45) is -5.07. The molecule has 0 radical (unpaired) electrons. The van der Waals surface area contributed by atoms with Gasteiger partial charge in [-0.3, -0.25) is 4.90 Å². The number of hydrogen-bond acceptors (Lipinski definition) is 11. The van der Waals surface area contributed by atoms with E-state index >= 15 is 22.0 Å². The van der Waals surface area contributed by atoms with E-state index in [-0.39, 0.29) is 95.9 Å². The summed E-state index contributed by atoms with van der Waals surface area (Å²) >= 11 is 0.674. The number of benzene rings is 2. The highest BCUT2D eigenvalue weighted by Crippen LogP contribution is 2.48. The molecule has 2 aromatic carbocycles. The van der Waals surface area contributed by atoms with Crippen molar-refractivity contribution in [3.63, 3.8) is 0 Å². The third-order valence-corrected chi connectivity index (χ3v) is 12.4. The fraction of sp³-hybridized carbons (Fsp3) is 0.514. The predicted molar refractivity (Wildman–Crippen MR) is 192 cm³/mol. The average Bonchev–Trinajstić information content (AvgIpc) is 3.86. The summed E-state index contributed by atoms with van der Waals surface area (Å²) in [6, 6.07) is 3.35. The summed E-state index contributed by atoms with van der Waals surface area (Å²) in [5.41, 5.74) is 1.81. The number of fused-ring (bicyclic) bond motifs is 3. The molecular formula is C37H37F6N7O4S. The van der Waals surface area contributed by atoms with Crippen LogP contribution in [-0.4, -0.2) is 102 Å². The van der Waals surface area contributed by atoms with Gasteiger partial charge < -0.3 is 29.7 Å². The molecule has 0 aliphatic carbocycles. The van der Waals surface area contributed by atoms with Crippen LogP contribution >= 0.6 is 11.3 Å². The maximum absolute atomic E-state index is 17.3. The number of hydrogen-bond donors (Lipinski definition) is 1. The van der Waals surface area contributed by atoms with Crippen molar-refractivity contribution < 1.29 is 45.3 Å². The second-order valence-electron chi connectivity index (χ2n) is 14.7. The van der Waals surface area contributed by atoms with Gasteiger partial charge in [0.15, 0.2) is 11.9 Å². The van der Waals surface area contributed by atoms with Crippen LogP contribution in [0.15, 0.2) is 18.2 Å². The van der Waals surface area contributed by atoms with Gasteiger partial charge in [-0.25, -0.2) is 18.0 Å². The van der Waals surface area contributed by atoms with Crippen molar-refractivity contribution in [2.24, 2.45) is 0 Å². The molecule has 0 bridgehead atoms. The number of likely N-dealkylation sites (N-methyl/N-ethyl adjacent to an activating group) is 1. The lowest BCUT2D eigenvalue weighted by Crippen LogP contribution is -2.45. The molecule has 4 unspecified atom stereocenters. The third kappa shape index (κ3) is 6.33. The summed E-state index contributed by atoms with van der Waals surface area (Å²) in [7, 11) is 0. The number of nitriles is 1. The molecule has 6 heterocycles. The normalized spacial score (nSPS) is 24.3. The largest absolute Gasteiger partial charge is 0.461 e. The lowest BCUT2D eigenvalue weighted by atomic mass is 9.92. The number of nitrogens with zero attached hydrogens (tertiary/aromatic N) is 6. The van der Waals surface area contributed by atoms with Gasteiger partial charge in [0.1, 0.15) is 41.0 Å². The van der Waals surface area contributed by atoms with Crippen LogP contribution < -0.4 is 15.4 Å². The van der Waals surface area contributed by atoms with Crippen LogP contribution in [0.3, 0.4) is 0 Å². The van der Waals surface area contributed by atoms with E-state index in [1.54, 1.807) is 11.8 Å². The van der Waals surface area contributed by atoms with Crippen molar-refractivity contribution in [1.82, 2.24) is 19.8 Å². The van der Waals surface area contributed by atoms with E-state index in [1.807, 2.05) is 17.9 Å². The highest BCUT2D eigenvalue weighted by atomic mass is 32.1. The van der Waals surface area contributed by atoms with Gasteiger partial charge in [-0.15, -0.1) is 11.3 Å². The quantitative estimate of drug-likeness (QED) is 0.186. The molecule has 4 aromatic rings. The molecule has 18 heteroatoms. The molecule has 4 aliphatic rings. The Kier molecular flexibility index (Phi) is 9.40. The highest BCUT2D eigenvalue weighted by Gasteiger charge is 2.50. The number of aromatic nitrogens is 2. The Labute approximate surface area is 315 Å². The standard InChI is InChI=1S/C37H37F6N7O4S/c1-3-49(20-9-18(2)50(14-20)35(51)54-21-15-52-16-21)33-23-10-25(37(41,42)43)28(22-5-6-26(39)31-27(22)24(12-44)32(45)55-31)29(40)30(23)46-34(47-33)53-17-36-7-4-8-48(36)13-19(38)11-36/h5-6,10,18-21H,3-4,7-9,11,13-17,45H2,1-2H3. The first-order valence-electron chi connectivity index (χ1n) is 18.1. The molecule has 4 atom stereocenters. The van der Waals surface area contributed by atoms with Crippen molar-refractivity contribution in [3.8, 4) is 23.2 Å². The first-order chi connectivity index (χ1) is 26.2. The maximum Gasteiger partial charge on any atom is 0.417 e. The van der Waals surface area contributed by atoms with E-state index in [0.717, 1.165) is 24.6 Å². The molecule has 0 spiro atoms. The Morgan fingerprint density at radius 1 is 1.24 bits per heavy atom. The van der Waals surface area contributed by atoms with Crippen LogP contribution in [0.5, 0.6) is 6.01 Å². The molecule has 4 saturated heterocycles. The molecule has 4 aliphatic heterocycles. The van der Waals surface area contributed by atoms with Gasteiger partial charge in [0.05, 0.1) is 40.6 Å². The minimum atomic E-state index is -5.15. The molecule has 2 N–H and O–H groups in total. The van der Waals surface area contributed by atoms with E-state index in [4.69, 9.17) is 19.9 Å². The lowest BCUT2D eigenvalue weighted by Gasteiger charge is -2.32. The topological polar surface area (TPSA) is 130 Å². The third-order valence-electron chi connectivity index (χ3n) is 11.3. The van der Waals surface area contributed by atoms with Gasteiger partial charge in [-0.1, -0.05) is 6.07 Å². The van der Waals surface area contributed by atoms with Crippen LogP contribution in [0.2, 0.25) is 0 Å². The Balaban J connectivity index is 1.29. The Bertz CT molecular complexity index is 2230. The van der Waals surface area contributed by atoms with Crippen molar-refractivity contribution >= 4 is 49.2 Å². The first-order valence-corrected chi connectivity index (χ1v) is 18.9. The molecular weight excluding hydrogens is 753 g/mol. The molecule has 4 fully saturated rings. The fourth-order valence-corrected chi connectivity index (χ4v) is 9.62. The fourth-order valence-electron chi connectivity index (χ4n) is 8.67. The minimum Gasteiger partial charge on any atom is -0.461 e. The first kappa shape index (κ1) is 37.3. The second-order valence-corrected chi connectivity index (χ2v) is 15.7. The molecule has 2 aromatic heterocycles. The number of alkyl halides is 4. The van der Waals surface area contributed by atoms with Crippen molar-refractivity contribution in [3.05, 3.63) is 41.0 Å². The highest BCUT2D eigenvalue weighted by molar-refractivity contribution is 7.23. The number of rotatable bonds is 8. The molecule has 0 saturated carbocycles. The van der Waals surface area contributed by atoms with E-state index < -0.39 is 63.9 Å². The van der Waals surface area contributed by atoms with Crippen LogP contribution in [-0.2, 0) is 15.7 Å². The van der Waals surface area contributed by atoms with Crippen LogP contribution in [0, 0.1) is 23.0 Å². The second kappa shape index (κ2) is 13.9. The molecule has 8 rings (SSSR count). The van der Waals surface area contributed by atoms with Crippen LogP contribution in [0.25, 0.3) is 32.1 Å². The van der Waals surface area contributed by atoms with E-state index in [9.17, 15) is 14.4 Å². The SMILES string of the molecule is CCN(c1nc(OCC23CCCN2CC(F)C3)nc2c(F)c(-c3ccc(F)c4sc(N)c(C#N)c34)c(C(F)(F)F)cc12)C1CC(C)N(C(=O)OC2COC2)C1. The summed E-state index contributed by atoms with van der Waals surface area (Å²) < 4.78 is 109. The summed E-state index contributed by atoms with van der Waals surface area (Å²) in [5, 5.41) is 9.23. The minimum absolute atomic E-state index is 0.0388. The van der Waals surface area contributed by atoms with Gasteiger partial charge in [-0.05, 0) is 57.4 Å². The summed E-state index contributed by atoms with van der Waals surface area (Å²) in [4.78, 5) is 27.3. The van der Waals surface area contributed by atoms with E-state index in [1.165, 1.54) is 4.90 Å². The van der Waals surface area contributed by atoms with Gasteiger partial charge in [0.2, 0.25) is 0 Å². The zero-order valence-corrected chi connectivity index (χ0v) is 30.7. The number of nitrogens with two attached hydrogens (primary N) is 1. The zero-order valence-electron chi connectivity index (χ0n) is 29.9. The Hall–Kier alpha value is -4.60. The number of nitrogen functional groups attached to an aromatic ring is 1. The van der Waals surface area contributed by atoms with Crippen molar-refractivity contribution in [2.45, 2.75) is 75.6 Å². The summed E-state index contributed by atoms with van der Waals surface area (Å²) in [6.45, 7) is 5.36. The van der Waals surface area contributed by atoms with Gasteiger partial charge >= 0.3 is 18.3 Å². The Morgan fingerprint density at radius 3 is 2.71 bits per heavy atom. The number of ether oxygens (including phenoxy) is 3. The van der Waals surface area contributed by atoms with Gasteiger partial charge in [0.25, 0.3) is 0 Å². The maximum atomic E-state index is 17.3. The average molecular weight is 790 g/mol. The number of anilines is 2. The number of likely N-dealkylation sites (tertiary alicyclic amines) is 1. The monoisotopic (exact) mass is 789 g/mol. The van der Waals surface area contributed by atoms with Crippen molar-refractivity contribution in [2.75, 3.05) is 56.6 Å². The predicted octanol–water partition coefficient (Wildman–Crippen LogP) is 7.04. The van der Waals surface area contributed by atoms with Crippen LogP contribution in [0.1, 0.15) is 50.7 Å². The van der Waals surface area contributed by atoms with Gasteiger partial charge in [-0.2, -0.15) is 28.4 Å². The van der Waals surface area contributed by atoms with Crippen molar-refractivity contribution in [1.29, 1.82) is 5.26 Å². The smallest absolute Gasteiger partial charge is 0.417 e. The molecule has 1 amide bonds. The van der Waals surface area contributed by atoms with E-state index in [2.05, 4.69) is 9.97 Å². The van der Waals surface area contributed by atoms with E-state index in [0.29, 0.717) is 30.7 Å². The molecule has 11 nitrogen and oxygen atoms in total. The summed E-state index contributed by atoms with van der Waals surface area (Å²) in [5.74, 6) is -2.29. The number of amides is 1. The number of carbonyl (C=O) groups is 1. The number of halogens is 6.